The standard InChI is InChI=1S/C28H27FN6O2/c1-27(2)16-23(28(3,4)37-27)35-26(21-13-15-34-22(21)6-5-14-31-34)32-25(33-35)18-7-12-24(30-17-18)36-20-10-8-19(29)9-11-20/h5-15,17,23H,16H2,1-4H3. The van der Waals surface area contributed by atoms with Crippen LogP contribution in [0.5, 0.6) is 11.6 Å². The lowest BCUT2D eigenvalue weighted by atomic mass is 9.94. The summed E-state index contributed by atoms with van der Waals surface area (Å²) in [4.78, 5) is 9.42. The molecule has 1 atom stereocenters. The van der Waals surface area contributed by atoms with Gasteiger partial charge in [0.15, 0.2) is 11.6 Å². The molecule has 1 unspecified atom stereocenters. The highest BCUT2D eigenvalue weighted by molar-refractivity contribution is 5.77. The second-order valence-corrected chi connectivity index (χ2v) is 10.4. The van der Waals surface area contributed by atoms with Crippen molar-refractivity contribution in [1.82, 2.24) is 29.4 Å². The normalized spacial score (nSPS) is 18.4. The molecule has 1 saturated heterocycles. The fraction of sp³-hybridized carbons (Fsp3) is 0.286. The van der Waals surface area contributed by atoms with E-state index < -0.39 is 5.60 Å². The first-order valence-electron chi connectivity index (χ1n) is 12.2. The molecule has 5 aromatic rings. The third-order valence-electron chi connectivity index (χ3n) is 6.66. The Labute approximate surface area is 213 Å². The molecule has 0 amide bonds. The first-order valence-corrected chi connectivity index (χ1v) is 12.2. The molecule has 1 aliphatic heterocycles. The van der Waals surface area contributed by atoms with Crippen LogP contribution in [-0.4, -0.2) is 40.6 Å². The maximum Gasteiger partial charge on any atom is 0.219 e. The summed E-state index contributed by atoms with van der Waals surface area (Å²) in [5, 5.41) is 9.39. The molecule has 0 spiro atoms. The van der Waals surface area contributed by atoms with E-state index in [0.29, 0.717) is 17.5 Å². The number of halogens is 1. The van der Waals surface area contributed by atoms with Gasteiger partial charge in [-0.25, -0.2) is 23.6 Å². The summed E-state index contributed by atoms with van der Waals surface area (Å²) in [6, 6.07) is 15.3. The van der Waals surface area contributed by atoms with E-state index in [1.165, 1.54) is 12.1 Å². The lowest BCUT2D eigenvalue weighted by molar-refractivity contribution is -0.0736. The van der Waals surface area contributed by atoms with Crippen molar-refractivity contribution in [3.8, 4) is 34.4 Å². The van der Waals surface area contributed by atoms with Crippen LogP contribution in [0.1, 0.15) is 40.2 Å². The molecule has 6 rings (SSSR count). The summed E-state index contributed by atoms with van der Waals surface area (Å²) in [5.41, 5.74) is 1.91. The van der Waals surface area contributed by atoms with Gasteiger partial charge in [-0.2, -0.15) is 5.10 Å². The van der Waals surface area contributed by atoms with Crippen molar-refractivity contribution in [3.05, 3.63) is 79.0 Å². The van der Waals surface area contributed by atoms with Crippen LogP contribution in [0.15, 0.2) is 73.2 Å². The SMILES string of the molecule is CC1(C)CC(n2nc(-c3ccc(Oc4ccc(F)cc4)nc3)nc2-c2ccn3ncccc23)C(C)(C)O1. The quantitative estimate of drug-likeness (QED) is 0.291. The molecule has 1 aromatic carbocycles. The van der Waals surface area contributed by atoms with E-state index in [-0.39, 0.29) is 17.5 Å². The number of hydrogen-bond acceptors (Lipinski definition) is 6. The Morgan fingerprint density at radius 3 is 2.54 bits per heavy atom. The molecule has 0 N–H and O–H groups in total. The largest absolute Gasteiger partial charge is 0.439 e. The molecule has 188 valence electrons. The highest BCUT2D eigenvalue weighted by Crippen LogP contribution is 2.46. The van der Waals surface area contributed by atoms with Crippen molar-refractivity contribution in [2.24, 2.45) is 0 Å². The van der Waals surface area contributed by atoms with Crippen molar-refractivity contribution < 1.29 is 13.9 Å². The van der Waals surface area contributed by atoms with E-state index in [9.17, 15) is 4.39 Å². The smallest absolute Gasteiger partial charge is 0.219 e. The number of ether oxygens (including phenoxy) is 2. The minimum Gasteiger partial charge on any atom is -0.439 e. The van der Waals surface area contributed by atoms with Gasteiger partial charge >= 0.3 is 0 Å². The zero-order chi connectivity index (χ0) is 25.8. The van der Waals surface area contributed by atoms with Gasteiger partial charge in [-0.3, -0.25) is 0 Å². The van der Waals surface area contributed by atoms with Gasteiger partial charge in [-0.05, 0) is 76.2 Å². The van der Waals surface area contributed by atoms with Crippen LogP contribution in [0, 0.1) is 5.82 Å². The maximum absolute atomic E-state index is 13.2. The van der Waals surface area contributed by atoms with Gasteiger partial charge in [0, 0.05) is 42.2 Å². The lowest BCUT2D eigenvalue weighted by Crippen LogP contribution is -2.32. The Balaban J connectivity index is 1.40. The van der Waals surface area contributed by atoms with E-state index in [0.717, 1.165) is 28.9 Å². The number of fused-ring (bicyclic) bond motifs is 1. The molecule has 0 bridgehead atoms. The van der Waals surface area contributed by atoms with Crippen LogP contribution >= 0.6 is 0 Å². The van der Waals surface area contributed by atoms with E-state index in [2.05, 4.69) is 37.8 Å². The third kappa shape index (κ3) is 4.35. The summed E-state index contributed by atoms with van der Waals surface area (Å²) in [5.74, 6) is 1.88. The van der Waals surface area contributed by atoms with Crippen LogP contribution in [0.2, 0.25) is 0 Å². The highest BCUT2D eigenvalue weighted by atomic mass is 19.1. The van der Waals surface area contributed by atoms with E-state index >= 15 is 0 Å². The van der Waals surface area contributed by atoms with Gasteiger partial charge in [-0.15, -0.1) is 5.10 Å². The molecule has 0 saturated carbocycles. The van der Waals surface area contributed by atoms with Gasteiger partial charge in [0.05, 0.1) is 22.8 Å². The highest BCUT2D eigenvalue weighted by Gasteiger charge is 2.48. The van der Waals surface area contributed by atoms with Gasteiger partial charge in [0.1, 0.15) is 11.6 Å². The number of benzene rings is 1. The number of rotatable bonds is 5. The molecule has 0 aliphatic carbocycles. The molecule has 9 heteroatoms. The predicted octanol–water partition coefficient (Wildman–Crippen LogP) is 6.10. The monoisotopic (exact) mass is 498 g/mol. The Bertz CT molecular complexity index is 1570. The van der Waals surface area contributed by atoms with Crippen LogP contribution < -0.4 is 4.74 Å². The Kier molecular flexibility index (Phi) is 5.34. The molecule has 1 aliphatic rings. The summed E-state index contributed by atoms with van der Waals surface area (Å²) in [7, 11) is 0. The first-order chi connectivity index (χ1) is 17.7. The Hall–Kier alpha value is -4.11. The third-order valence-corrected chi connectivity index (χ3v) is 6.66. The van der Waals surface area contributed by atoms with Crippen molar-refractivity contribution in [2.45, 2.75) is 51.4 Å². The maximum atomic E-state index is 13.2. The molecule has 0 radical (unpaired) electrons. The van der Waals surface area contributed by atoms with Crippen molar-refractivity contribution >= 4 is 5.52 Å². The van der Waals surface area contributed by atoms with Gasteiger partial charge in [0.25, 0.3) is 0 Å². The van der Waals surface area contributed by atoms with Gasteiger partial charge in [-0.1, -0.05) is 0 Å². The summed E-state index contributed by atoms with van der Waals surface area (Å²) >= 11 is 0. The molecular formula is C28H27FN6O2. The van der Waals surface area contributed by atoms with Crippen molar-refractivity contribution in [3.63, 3.8) is 0 Å². The second kappa shape index (κ2) is 8.48. The molecule has 4 aromatic heterocycles. The lowest BCUT2D eigenvalue weighted by Gasteiger charge is -2.27. The molecule has 8 nitrogen and oxygen atoms in total. The first kappa shape index (κ1) is 23.3. The predicted molar refractivity (Wildman–Crippen MR) is 137 cm³/mol. The van der Waals surface area contributed by atoms with E-state index in [4.69, 9.17) is 19.6 Å². The Morgan fingerprint density at radius 2 is 1.84 bits per heavy atom. The number of pyridine rings is 1. The molecule has 1 fully saturated rings. The summed E-state index contributed by atoms with van der Waals surface area (Å²) < 4.78 is 29.2. The van der Waals surface area contributed by atoms with Gasteiger partial charge < -0.3 is 9.47 Å². The van der Waals surface area contributed by atoms with Crippen LogP contribution in [-0.2, 0) is 4.74 Å². The number of nitrogens with zero attached hydrogens (tertiary/aromatic N) is 6. The zero-order valence-corrected chi connectivity index (χ0v) is 21.1. The zero-order valence-electron chi connectivity index (χ0n) is 21.1. The van der Waals surface area contributed by atoms with E-state index in [1.807, 2.05) is 39.7 Å². The minimum atomic E-state index is -0.442. The van der Waals surface area contributed by atoms with Crippen LogP contribution in [0.3, 0.4) is 0 Å². The van der Waals surface area contributed by atoms with Crippen LogP contribution in [0.4, 0.5) is 4.39 Å². The van der Waals surface area contributed by atoms with Crippen molar-refractivity contribution in [2.75, 3.05) is 0 Å². The topological polar surface area (TPSA) is 79.4 Å². The minimum absolute atomic E-state index is 0.0283. The summed E-state index contributed by atoms with van der Waals surface area (Å²) in [6.45, 7) is 8.40. The fourth-order valence-corrected chi connectivity index (χ4v) is 5.09. The average Bonchev–Trinajstić information content (AvgIpc) is 3.53. The second-order valence-electron chi connectivity index (χ2n) is 10.4. The van der Waals surface area contributed by atoms with E-state index in [1.54, 1.807) is 30.6 Å². The summed E-state index contributed by atoms with van der Waals surface area (Å²) in [6.07, 6.45) is 6.15. The number of aromatic nitrogens is 6. The fourth-order valence-electron chi connectivity index (χ4n) is 5.09. The molecular weight excluding hydrogens is 471 g/mol. The van der Waals surface area contributed by atoms with Crippen LogP contribution in [0.25, 0.3) is 28.3 Å². The van der Waals surface area contributed by atoms with Gasteiger partial charge in [0.2, 0.25) is 5.88 Å². The molecule has 5 heterocycles. The molecule has 37 heavy (non-hydrogen) atoms. The average molecular weight is 499 g/mol. The van der Waals surface area contributed by atoms with Crippen molar-refractivity contribution in [1.29, 1.82) is 0 Å². The number of hydrogen-bond donors (Lipinski definition) is 0. The Morgan fingerprint density at radius 1 is 1.03 bits per heavy atom.